The monoisotopic (exact) mass is 394 g/mol. The van der Waals surface area contributed by atoms with Gasteiger partial charge in [0, 0.05) is 12.1 Å². The van der Waals surface area contributed by atoms with Gasteiger partial charge < -0.3 is 4.74 Å². The number of carbonyl (C=O) groups excluding carboxylic acids is 4. The van der Waals surface area contributed by atoms with Crippen molar-refractivity contribution < 1.29 is 28.8 Å². The molecular formula is C20H14N2O7. The van der Waals surface area contributed by atoms with E-state index in [-0.39, 0.29) is 22.4 Å². The number of Topliss-reactive ketones (excluding diaryl/α,β-unsaturated/α-hetero) is 1. The summed E-state index contributed by atoms with van der Waals surface area (Å²) >= 11 is 0. The SMILES string of the molecule is COC(=O)C(=Cc1cccc([N+](=O)[O-])c1)C(=O)CN1C(=O)c2ccccc2C1=O. The number of ether oxygens (including phenoxy) is 1. The lowest BCUT2D eigenvalue weighted by Crippen LogP contribution is -2.36. The van der Waals surface area contributed by atoms with Gasteiger partial charge in [-0.1, -0.05) is 24.3 Å². The third-order valence-corrected chi connectivity index (χ3v) is 4.28. The largest absolute Gasteiger partial charge is 0.465 e. The van der Waals surface area contributed by atoms with Gasteiger partial charge in [0.25, 0.3) is 17.5 Å². The average molecular weight is 394 g/mol. The number of nitro benzene ring substituents is 1. The summed E-state index contributed by atoms with van der Waals surface area (Å²) in [5.41, 5.74) is -0.101. The molecule has 9 heteroatoms. The van der Waals surface area contributed by atoms with Crippen molar-refractivity contribution >= 4 is 35.3 Å². The number of non-ortho nitro benzene ring substituents is 1. The summed E-state index contributed by atoms with van der Waals surface area (Å²) < 4.78 is 4.61. The van der Waals surface area contributed by atoms with Crippen LogP contribution in [0.4, 0.5) is 5.69 Å². The van der Waals surface area contributed by atoms with Crippen LogP contribution in [-0.4, -0.2) is 47.0 Å². The average Bonchev–Trinajstić information content (AvgIpc) is 2.96. The van der Waals surface area contributed by atoms with Gasteiger partial charge in [0.05, 0.1) is 29.7 Å². The third kappa shape index (κ3) is 3.79. The molecule has 0 fully saturated rings. The van der Waals surface area contributed by atoms with Crippen LogP contribution in [0.1, 0.15) is 26.3 Å². The number of methoxy groups -OCH3 is 1. The molecule has 29 heavy (non-hydrogen) atoms. The number of nitro groups is 1. The predicted octanol–water partition coefficient (Wildman–Crippen LogP) is 2.02. The standard InChI is InChI=1S/C20H14N2O7/c1-29-20(26)16(10-12-5-4-6-13(9-12)22(27)28)17(23)11-21-18(24)14-7-2-3-8-15(14)19(21)25/h2-10H,11H2,1H3. The van der Waals surface area contributed by atoms with E-state index in [1.165, 1.54) is 36.4 Å². The topological polar surface area (TPSA) is 124 Å². The maximum atomic E-state index is 12.7. The van der Waals surface area contributed by atoms with Crippen LogP contribution in [0, 0.1) is 10.1 Å². The van der Waals surface area contributed by atoms with Crippen molar-refractivity contribution in [2.45, 2.75) is 0 Å². The molecule has 0 aliphatic carbocycles. The second kappa shape index (κ2) is 7.85. The molecule has 0 N–H and O–H groups in total. The van der Waals surface area contributed by atoms with Crippen LogP contribution in [0.2, 0.25) is 0 Å². The van der Waals surface area contributed by atoms with E-state index in [1.54, 1.807) is 12.1 Å². The fourth-order valence-electron chi connectivity index (χ4n) is 2.87. The van der Waals surface area contributed by atoms with Crippen LogP contribution >= 0.6 is 0 Å². The highest BCUT2D eigenvalue weighted by molar-refractivity contribution is 6.26. The fraction of sp³-hybridized carbons (Fsp3) is 0.100. The van der Waals surface area contributed by atoms with Gasteiger partial charge in [0.2, 0.25) is 0 Å². The molecule has 0 saturated carbocycles. The van der Waals surface area contributed by atoms with Gasteiger partial charge in [-0.15, -0.1) is 0 Å². The zero-order chi connectivity index (χ0) is 21.1. The second-order valence-corrected chi connectivity index (χ2v) is 6.07. The highest BCUT2D eigenvalue weighted by atomic mass is 16.6. The number of hydrogen-bond donors (Lipinski definition) is 0. The van der Waals surface area contributed by atoms with E-state index in [4.69, 9.17) is 0 Å². The summed E-state index contributed by atoms with van der Waals surface area (Å²) in [7, 11) is 1.07. The van der Waals surface area contributed by atoms with Crippen LogP contribution in [0.15, 0.2) is 54.1 Å². The molecule has 0 spiro atoms. The van der Waals surface area contributed by atoms with Gasteiger partial charge >= 0.3 is 5.97 Å². The summed E-state index contributed by atoms with van der Waals surface area (Å²) in [6, 6.07) is 11.4. The molecule has 9 nitrogen and oxygen atoms in total. The highest BCUT2D eigenvalue weighted by Gasteiger charge is 2.37. The first-order chi connectivity index (χ1) is 13.8. The number of benzene rings is 2. The number of amides is 2. The minimum Gasteiger partial charge on any atom is -0.465 e. The van der Waals surface area contributed by atoms with Crippen molar-refractivity contribution in [2.24, 2.45) is 0 Å². The van der Waals surface area contributed by atoms with Crippen molar-refractivity contribution in [3.63, 3.8) is 0 Å². The maximum Gasteiger partial charge on any atom is 0.341 e. The molecule has 3 rings (SSSR count). The summed E-state index contributed by atoms with van der Waals surface area (Å²) in [4.78, 5) is 60.7. The second-order valence-electron chi connectivity index (χ2n) is 6.07. The molecule has 0 atom stereocenters. The van der Waals surface area contributed by atoms with E-state index >= 15 is 0 Å². The van der Waals surface area contributed by atoms with Crippen molar-refractivity contribution in [3.05, 3.63) is 80.9 Å². The van der Waals surface area contributed by atoms with Gasteiger partial charge in [-0.3, -0.25) is 29.4 Å². The van der Waals surface area contributed by atoms with Crippen molar-refractivity contribution in [1.82, 2.24) is 4.90 Å². The molecule has 0 bridgehead atoms. The van der Waals surface area contributed by atoms with Gasteiger partial charge in [0.1, 0.15) is 5.57 Å². The number of ketones is 1. The van der Waals surface area contributed by atoms with Crippen LogP contribution in [0.5, 0.6) is 0 Å². The lowest BCUT2D eigenvalue weighted by molar-refractivity contribution is -0.384. The molecule has 1 aliphatic rings. The lowest BCUT2D eigenvalue weighted by atomic mass is 10.1. The smallest absolute Gasteiger partial charge is 0.341 e. The highest BCUT2D eigenvalue weighted by Crippen LogP contribution is 2.23. The fourth-order valence-corrected chi connectivity index (χ4v) is 2.87. The Morgan fingerprint density at radius 1 is 1.07 bits per heavy atom. The molecular weight excluding hydrogens is 380 g/mol. The zero-order valence-electron chi connectivity index (χ0n) is 15.2. The van der Waals surface area contributed by atoms with Gasteiger partial charge in [0.15, 0.2) is 5.78 Å². The first kappa shape index (κ1) is 19.6. The summed E-state index contributed by atoms with van der Waals surface area (Å²) in [5, 5.41) is 10.9. The zero-order valence-corrected chi connectivity index (χ0v) is 15.2. The van der Waals surface area contributed by atoms with E-state index in [9.17, 15) is 29.3 Å². The van der Waals surface area contributed by atoms with Crippen molar-refractivity contribution in [3.8, 4) is 0 Å². The molecule has 2 amide bonds. The number of imide groups is 1. The minimum atomic E-state index is -0.988. The quantitative estimate of drug-likeness (QED) is 0.140. The Morgan fingerprint density at radius 3 is 2.24 bits per heavy atom. The molecule has 0 aromatic heterocycles. The molecule has 1 heterocycles. The molecule has 1 aliphatic heterocycles. The summed E-state index contributed by atoms with van der Waals surface area (Å²) in [6.45, 7) is -0.664. The third-order valence-electron chi connectivity index (χ3n) is 4.28. The number of rotatable bonds is 6. The Kier molecular flexibility index (Phi) is 5.31. The Hall–Kier alpha value is -4.14. The normalized spacial score (nSPS) is 13.3. The van der Waals surface area contributed by atoms with Crippen LogP contribution in [-0.2, 0) is 14.3 Å². The molecule has 146 valence electrons. The number of carbonyl (C=O) groups is 4. The number of nitrogens with zero attached hydrogens (tertiary/aromatic N) is 2. The molecule has 0 unspecified atom stereocenters. The molecule has 2 aromatic carbocycles. The predicted molar refractivity (Wildman–Crippen MR) is 99.9 cm³/mol. The molecule has 0 radical (unpaired) electrons. The number of hydrogen-bond acceptors (Lipinski definition) is 7. The van der Waals surface area contributed by atoms with Gasteiger partial charge in [-0.25, -0.2) is 4.79 Å². The summed E-state index contributed by atoms with van der Waals surface area (Å²) in [6.07, 6.45) is 1.12. The Labute approximate surface area is 164 Å². The van der Waals surface area contributed by atoms with Gasteiger partial charge in [-0.05, 0) is 23.8 Å². The van der Waals surface area contributed by atoms with Crippen LogP contribution < -0.4 is 0 Å². The summed E-state index contributed by atoms with van der Waals surface area (Å²) in [5.74, 6) is -3.10. The van der Waals surface area contributed by atoms with E-state index in [0.717, 1.165) is 18.1 Å². The Balaban J connectivity index is 1.91. The van der Waals surface area contributed by atoms with Crippen molar-refractivity contribution in [1.29, 1.82) is 0 Å². The Bertz CT molecular complexity index is 1050. The minimum absolute atomic E-state index is 0.174. The van der Waals surface area contributed by atoms with E-state index in [0.29, 0.717) is 0 Å². The van der Waals surface area contributed by atoms with Crippen LogP contribution in [0.25, 0.3) is 6.08 Å². The van der Waals surface area contributed by atoms with Crippen LogP contribution in [0.3, 0.4) is 0 Å². The maximum absolute atomic E-state index is 12.7. The number of fused-ring (bicyclic) bond motifs is 1. The molecule has 0 saturated heterocycles. The van der Waals surface area contributed by atoms with E-state index in [1.807, 2.05) is 0 Å². The number of esters is 1. The van der Waals surface area contributed by atoms with Crippen molar-refractivity contribution in [2.75, 3.05) is 13.7 Å². The molecule has 2 aromatic rings. The van der Waals surface area contributed by atoms with E-state index in [2.05, 4.69) is 4.74 Å². The first-order valence-electron chi connectivity index (χ1n) is 8.36. The Morgan fingerprint density at radius 2 is 1.69 bits per heavy atom. The lowest BCUT2D eigenvalue weighted by Gasteiger charge is -2.13. The first-order valence-corrected chi connectivity index (χ1v) is 8.36. The van der Waals surface area contributed by atoms with Gasteiger partial charge in [-0.2, -0.15) is 0 Å². The van der Waals surface area contributed by atoms with E-state index < -0.39 is 40.6 Å².